The number of hydrogen-bond acceptors (Lipinski definition) is 7. The van der Waals surface area contributed by atoms with Gasteiger partial charge in [-0.25, -0.2) is 4.99 Å². The van der Waals surface area contributed by atoms with Gasteiger partial charge in [-0.1, -0.05) is 58.8 Å². The molecule has 2 aliphatic rings. The highest BCUT2D eigenvalue weighted by molar-refractivity contribution is 6.01. The van der Waals surface area contributed by atoms with E-state index in [1.165, 1.54) is 0 Å². The first-order valence-electron chi connectivity index (χ1n) is 14.2. The number of aliphatic hydroxyl groups is 1. The maximum atomic E-state index is 14.6. The molecule has 0 bridgehead atoms. The maximum absolute atomic E-state index is 14.6. The molecular weight excluding hydrogens is 548 g/mol. The Morgan fingerprint density at radius 1 is 1.02 bits per heavy atom. The second-order valence-corrected chi connectivity index (χ2v) is 10.4. The van der Waals surface area contributed by atoms with Crippen LogP contribution < -0.4 is 4.74 Å². The van der Waals surface area contributed by atoms with Crippen molar-refractivity contribution in [2.75, 3.05) is 26.3 Å². The molecule has 5 rings (SSSR count). The molecule has 1 amide bonds. The third kappa shape index (κ3) is 6.42. The van der Waals surface area contributed by atoms with Crippen molar-refractivity contribution >= 4 is 17.5 Å². The number of aliphatic imine (C=N–C) groups is 1. The first-order valence-corrected chi connectivity index (χ1v) is 14.2. The van der Waals surface area contributed by atoms with Crippen molar-refractivity contribution in [3.8, 4) is 5.75 Å². The summed E-state index contributed by atoms with van der Waals surface area (Å²) in [7, 11) is 0. The normalized spacial score (nSPS) is 19.1. The number of rotatable bonds is 12. The van der Waals surface area contributed by atoms with Gasteiger partial charge in [0.1, 0.15) is 5.75 Å². The molecule has 3 aromatic carbocycles. The van der Waals surface area contributed by atoms with Crippen molar-refractivity contribution < 1.29 is 19.4 Å². The van der Waals surface area contributed by atoms with Crippen LogP contribution in [0, 0.1) is 0 Å². The second-order valence-electron chi connectivity index (χ2n) is 10.4. The van der Waals surface area contributed by atoms with Crippen LogP contribution >= 0.6 is 0 Å². The van der Waals surface area contributed by atoms with E-state index in [-0.39, 0.29) is 25.5 Å². The highest BCUT2D eigenvalue weighted by Crippen LogP contribution is 2.46. The predicted molar refractivity (Wildman–Crippen MR) is 161 cm³/mol. The Labute approximate surface area is 248 Å². The summed E-state index contributed by atoms with van der Waals surface area (Å²) in [5, 5.41) is 16.7. The summed E-state index contributed by atoms with van der Waals surface area (Å²) in [6.45, 7) is 1.72. The molecule has 43 heavy (non-hydrogen) atoms. The van der Waals surface area contributed by atoms with Crippen molar-refractivity contribution in [3.63, 3.8) is 0 Å². The van der Waals surface area contributed by atoms with Crippen LogP contribution in [0.2, 0.25) is 0 Å². The lowest BCUT2D eigenvalue weighted by molar-refractivity contribution is -0.138. The van der Waals surface area contributed by atoms with Crippen molar-refractivity contribution in [2.24, 2.45) is 15.2 Å². The fourth-order valence-corrected chi connectivity index (χ4v) is 5.58. The van der Waals surface area contributed by atoms with Gasteiger partial charge in [0.2, 0.25) is 5.90 Å². The Morgan fingerprint density at radius 2 is 1.74 bits per heavy atom. The Hall–Kier alpha value is -5.02. The number of ether oxygens (including phenoxy) is 2. The molecule has 0 saturated carbocycles. The second kappa shape index (κ2) is 13.8. The molecule has 3 aromatic rings. The molecule has 0 unspecified atom stereocenters. The molecule has 0 radical (unpaired) electrons. The Kier molecular flexibility index (Phi) is 9.43. The van der Waals surface area contributed by atoms with Gasteiger partial charge in [0.15, 0.2) is 11.6 Å². The fraction of sp³-hybridized carbons (Fsp3) is 0.355. The number of aliphatic hydroxyl groups excluding tert-OH is 1. The van der Waals surface area contributed by atoms with Crippen LogP contribution in [0.5, 0.6) is 5.75 Å². The minimum atomic E-state index is -1.44. The number of carbonyl (C=O) groups excluding carboxylic acids is 1. The highest BCUT2D eigenvalue weighted by Gasteiger charge is 2.55. The van der Waals surface area contributed by atoms with E-state index in [4.69, 9.17) is 25.1 Å². The van der Waals surface area contributed by atoms with E-state index in [1.54, 1.807) is 24.3 Å². The zero-order chi connectivity index (χ0) is 30.1. The van der Waals surface area contributed by atoms with Gasteiger partial charge in [0.25, 0.3) is 5.91 Å². The summed E-state index contributed by atoms with van der Waals surface area (Å²) in [6.07, 6.45) is 1.56. The average Bonchev–Trinajstić information content (AvgIpc) is 3.71. The number of carbonyl (C=O) groups is 1. The zero-order valence-corrected chi connectivity index (χ0v) is 23.6. The molecule has 0 spiro atoms. The van der Waals surface area contributed by atoms with Crippen molar-refractivity contribution in [2.45, 2.75) is 43.9 Å². The van der Waals surface area contributed by atoms with Crippen molar-refractivity contribution in [1.29, 1.82) is 0 Å². The number of benzene rings is 3. The van der Waals surface area contributed by atoms with E-state index in [2.05, 4.69) is 20.1 Å². The highest BCUT2D eigenvalue weighted by atomic mass is 16.5. The van der Waals surface area contributed by atoms with Crippen LogP contribution in [0.3, 0.4) is 0 Å². The molecule has 0 aromatic heterocycles. The monoisotopic (exact) mass is 580 g/mol. The lowest BCUT2D eigenvalue weighted by atomic mass is 9.80. The molecule has 1 N–H and O–H groups in total. The van der Waals surface area contributed by atoms with Gasteiger partial charge in [0.05, 0.1) is 13.2 Å². The molecule has 0 aliphatic carbocycles. The molecule has 12 nitrogen and oxygen atoms in total. The van der Waals surface area contributed by atoms with Gasteiger partial charge in [-0.15, -0.1) is 0 Å². The third-order valence-electron chi connectivity index (χ3n) is 7.65. The summed E-state index contributed by atoms with van der Waals surface area (Å²) in [5.74, 6) is 0.748. The number of hydrogen-bond donors (Lipinski definition) is 1. The predicted octanol–water partition coefficient (Wildman–Crippen LogP) is 6.32. The number of nitrogens with zero attached hydrogens (tertiary/aromatic N) is 8. The SMILES string of the molecule is [N-]=[N+]=NCc1ccccc1[C@H]1OC(c2ccc(OCCCO)cc2)=N[C@@]1(Cc1ccccc1N=[N+]=[N-])C(=O)N1CCCC1. The molecule has 2 heterocycles. The Morgan fingerprint density at radius 3 is 2.47 bits per heavy atom. The average molecular weight is 581 g/mol. The molecule has 2 aliphatic heterocycles. The van der Waals surface area contributed by atoms with Gasteiger partial charge in [-0.05, 0) is 64.9 Å². The van der Waals surface area contributed by atoms with Crippen LogP contribution in [-0.2, 0) is 22.5 Å². The van der Waals surface area contributed by atoms with E-state index in [0.29, 0.717) is 60.1 Å². The fourth-order valence-electron chi connectivity index (χ4n) is 5.58. The molecule has 1 fully saturated rings. The van der Waals surface area contributed by atoms with E-state index >= 15 is 0 Å². The maximum Gasteiger partial charge on any atom is 0.255 e. The molecule has 1 saturated heterocycles. The van der Waals surface area contributed by atoms with E-state index < -0.39 is 11.6 Å². The smallest absolute Gasteiger partial charge is 0.255 e. The molecule has 220 valence electrons. The van der Waals surface area contributed by atoms with Crippen LogP contribution in [0.1, 0.15) is 47.6 Å². The van der Waals surface area contributed by atoms with Gasteiger partial charge in [-0.3, -0.25) is 4.79 Å². The first-order chi connectivity index (χ1) is 21.1. The van der Waals surface area contributed by atoms with Crippen LogP contribution in [0.25, 0.3) is 20.9 Å². The first kappa shape index (κ1) is 29.5. The Balaban J connectivity index is 1.66. The van der Waals surface area contributed by atoms with E-state index in [9.17, 15) is 10.3 Å². The van der Waals surface area contributed by atoms with Gasteiger partial charge in [-0.2, -0.15) is 0 Å². The Bertz CT molecular complexity index is 1570. The van der Waals surface area contributed by atoms with E-state index in [0.717, 1.165) is 18.4 Å². The zero-order valence-electron chi connectivity index (χ0n) is 23.6. The summed E-state index contributed by atoms with van der Waals surface area (Å²) in [6, 6.07) is 21.8. The number of likely N-dealkylation sites (tertiary alicyclic amines) is 1. The van der Waals surface area contributed by atoms with Gasteiger partial charge in [0, 0.05) is 53.6 Å². The summed E-state index contributed by atoms with van der Waals surface area (Å²) in [5.41, 5.74) is 20.0. The third-order valence-corrected chi connectivity index (χ3v) is 7.65. The molecule has 2 atom stereocenters. The van der Waals surface area contributed by atoms with Crippen molar-refractivity contribution in [3.05, 3.63) is 116 Å². The molecule has 12 heteroatoms. The van der Waals surface area contributed by atoms with Crippen molar-refractivity contribution in [1.82, 2.24) is 4.90 Å². The lowest BCUT2D eigenvalue weighted by Gasteiger charge is -2.35. The van der Waals surface area contributed by atoms with Gasteiger partial charge < -0.3 is 19.5 Å². The summed E-state index contributed by atoms with van der Waals surface area (Å²) < 4.78 is 12.3. The standard InChI is InChI=1S/C31H32N8O4/c32-37-34-21-24-9-1-3-10-26(24)28-31(30(41)39-16-5-6-17-39,20-23-8-2-4-11-27(23)36-38-33)35-29(43-28)22-12-14-25(15-13-22)42-19-7-18-40/h1-4,8-15,28,40H,5-7,16-21H2/t28-,31-/m1/s1. The minimum Gasteiger partial charge on any atom is -0.494 e. The quantitative estimate of drug-likeness (QED) is 0.114. The van der Waals surface area contributed by atoms with E-state index in [1.807, 2.05) is 53.4 Å². The minimum absolute atomic E-state index is 0.0429. The lowest BCUT2D eigenvalue weighted by Crippen LogP contribution is -2.51. The number of amides is 1. The van der Waals surface area contributed by atoms with Crippen LogP contribution in [-0.4, -0.2) is 53.7 Å². The summed E-state index contributed by atoms with van der Waals surface area (Å²) in [4.78, 5) is 27.5. The van der Waals surface area contributed by atoms with Crippen LogP contribution in [0.15, 0.2) is 88.0 Å². The topological polar surface area (TPSA) is 169 Å². The number of azide groups is 2. The van der Waals surface area contributed by atoms with Crippen LogP contribution in [0.4, 0.5) is 5.69 Å². The van der Waals surface area contributed by atoms with Gasteiger partial charge >= 0.3 is 0 Å². The molecular formula is C31H32N8O4. The summed E-state index contributed by atoms with van der Waals surface area (Å²) >= 11 is 0. The largest absolute Gasteiger partial charge is 0.494 e.